The van der Waals surface area contributed by atoms with Crippen LogP contribution in [-0.2, 0) is 0 Å². The molecular weight excluding hydrogens is 256 g/mol. The minimum atomic E-state index is 0.623. The third-order valence-electron chi connectivity index (χ3n) is 3.14. The molecule has 0 unspecified atom stereocenters. The van der Waals surface area contributed by atoms with Crippen LogP contribution in [0.4, 0.5) is 11.4 Å². The van der Waals surface area contributed by atoms with Crippen molar-refractivity contribution in [2.24, 2.45) is 4.99 Å². The van der Waals surface area contributed by atoms with Crippen LogP contribution < -0.4 is 10.2 Å². The summed E-state index contributed by atoms with van der Waals surface area (Å²) in [4.78, 5) is 6.84. The van der Waals surface area contributed by atoms with Gasteiger partial charge in [0.15, 0.2) is 11.4 Å². The van der Waals surface area contributed by atoms with Crippen LogP contribution in [0.3, 0.4) is 0 Å². The molecule has 5 heteroatoms. The Labute approximate surface area is 118 Å². The highest BCUT2D eigenvalue weighted by atomic mass is 32.2. The van der Waals surface area contributed by atoms with Crippen LogP contribution in [0.15, 0.2) is 29.3 Å². The average Bonchev–Trinajstić information content (AvgIpc) is 2.48. The molecule has 100 valence electrons. The van der Waals surface area contributed by atoms with E-state index in [1.165, 1.54) is 36.7 Å². The fourth-order valence-electron chi connectivity index (χ4n) is 2.20. The van der Waals surface area contributed by atoms with Crippen molar-refractivity contribution in [3.8, 4) is 6.19 Å². The third-order valence-corrected chi connectivity index (χ3v) is 3.72. The number of nitrogens with one attached hydrogen (secondary N) is 1. The fourth-order valence-corrected chi connectivity index (χ4v) is 2.55. The summed E-state index contributed by atoms with van der Waals surface area (Å²) < 4.78 is 0. The summed E-state index contributed by atoms with van der Waals surface area (Å²) in [5, 5.41) is 11.8. The molecule has 0 aromatic heterocycles. The van der Waals surface area contributed by atoms with Gasteiger partial charge in [0.25, 0.3) is 0 Å². The summed E-state index contributed by atoms with van der Waals surface area (Å²) in [6, 6.07) is 8.19. The predicted molar refractivity (Wildman–Crippen MR) is 81.9 cm³/mol. The maximum atomic E-state index is 8.64. The smallest absolute Gasteiger partial charge is 0.183 e. The van der Waals surface area contributed by atoms with E-state index in [4.69, 9.17) is 5.26 Å². The number of aliphatic imine (C=N–C) groups is 1. The van der Waals surface area contributed by atoms with E-state index >= 15 is 0 Å². The lowest BCUT2D eigenvalue weighted by Gasteiger charge is -2.28. The molecule has 0 spiro atoms. The Morgan fingerprint density at radius 3 is 2.84 bits per heavy atom. The first kappa shape index (κ1) is 13.8. The Bertz CT molecular complexity index is 486. The van der Waals surface area contributed by atoms with Crippen LogP contribution in [-0.4, -0.2) is 24.5 Å². The minimum Gasteiger partial charge on any atom is -0.371 e. The van der Waals surface area contributed by atoms with Gasteiger partial charge in [0.05, 0.1) is 5.69 Å². The van der Waals surface area contributed by atoms with Crippen molar-refractivity contribution in [3.05, 3.63) is 24.3 Å². The van der Waals surface area contributed by atoms with Gasteiger partial charge in [0, 0.05) is 18.8 Å². The number of nitrogens with zero attached hydrogens (tertiary/aromatic N) is 3. The van der Waals surface area contributed by atoms with Crippen molar-refractivity contribution in [3.63, 3.8) is 0 Å². The molecule has 2 rings (SSSR count). The number of thioether (sulfide) groups is 1. The van der Waals surface area contributed by atoms with Crippen molar-refractivity contribution >= 4 is 28.3 Å². The van der Waals surface area contributed by atoms with E-state index in [9.17, 15) is 0 Å². The predicted octanol–water partition coefficient (Wildman–Crippen LogP) is 3.10. The molecule has 1 saturated heterocycles. The van der Waals surface area contributed by atoms with E-state index in [1.54, 1.807) is 0 Å². The van der Waals surface area contributed by atoms with E-state index < -0.39 is 0 Å². The molecule has 0 atom stereocenters. The second-order valence-corrected chi connectivity index (χ2v) is 5.22. The van der Waals surface area contributed by atoms with Gasteiger partial charge in [0.2, 0.25) is 0 Å². The normalized spacial score (nSPS) is 16.0. The average molecular weight is 274 g/mol. The molecule has 1 aromatic rings. The first-order valence-corrected chi connectivity index (χ1v) is 7.69. The van der Waals surface area contributed by atoms with Crippen LogP contribution >= 0.6 is 11.8 Å². The molecule has 0 bridgehead atoms. The van der Waals surface area contributed by atoms with Gasteiger partial charge in [-0.25, -0.2) is 4.99 Å². The number of piperidine rings is 1. The van der Waals surface area contributed by atoms with Crippen molar-refractivity contribution in [1.29, 1.82) is 5.26 Å². The first-order valence-electron chi connectivity index (χ1n) is 6.46. The third kappa shape index (κ3) is 3.90. The molecule has 0 saturated carbocycles. The highest BCUT2D eigenvalue weighted by Crippen LogP contribution is 2.25. The molecule has 0 radical (unpaired) electrons. The minimum absolute atomic E-state index is 0.623. The van der Waals surface area contributed by atoms with Crippen molar-refractivity contribution < 1.29 is 0 Å². The number of amidine groups is 1. The van der Waals surface area contributed by atoms with E-state index in [0.29, 0.717) is 5.17 Å². The molecule has 1 aromatic carbocycles. The molecule has 1 aliphatic heterocycles. The Balaban J connectivity index is 2.16. The van der Waals surface area contributed by atoms with Gasteiger partial charge in [0.1, 0.15) is 0 Å². The monoisotopic (exact) mass is 274 g/mol. The maximum absolute atomic E-state index is 8.64. The van der Waals surface area contributed by atoms with Gasteiger partial charge in [-0.1, -0.05) is 17.8 Å². The number of hydrogen-bond acceptors (Lipinski definition) is 4. The molecule has 19 heavy (non-hydrogen) atoms. The summed E-state index contributed by atoms with van der Waals surface area (Å²) in [5.41, 5.74) is 2.11. The molecule has 1 heterocycles. The number of hydrogen-bond donors (Lipinski definition) is 1. The molecule has 1 fully saturated rings. The highest BCUT2D eigenvalue weighted by Gasteiger charge is 2.10. The standard InChI is InChI=1S/C14H18N4S/c1-19-14(16-11-15)17-12-6-5-7-13(10-12)18-8-3-2-4-9-18/h5-7,10H,2-4,8-9H2,1H3,(H,16,17). The zero-order chi connectivity index (χ0) is 13.5. The quantitative estimate of drug-likeness (QED) is 0.390. The van der Waals surface area contributed by atoms with Gasteiger partial charge in [-0.05, 0) is 43.7 Å². The lowest BCUT2D eigenvalue weighted by Crippen LogP contribution is -2.29. The summed E-state index contributed by atoms with van der Waals surface area (Å²) >= 11 is 1.43. The van der Waals surface area contributed by atoms with E-state index in [-0.39, 0.29) is 0 Å². The number of benzene rings is 1. The second kappa shape index (κ2) is 7.05. The topological polar surface area (TPSA) is 51.4 Å². The molecular formula is C14H18N4S. The van der Waals surface area contributed by atoms with Crippen molar-refractivity contribution in [1.82, 2.24) is 5.32 Å². The van der Waals surface area contributed by atoms with Gasteiger partial charge in [-0.2, -0.15) is 5.26 Å². The Morgan fingerprint density at radius 1 is 1.37 bits per heavy atom. The molecule has 0 aliphatic carbocycles. The largest absolute Gasteiger partial charge is 0.371 e. The van der Waals surface area contributed by atoms with Crippen molar-refractivity contribution in [2.45, 2.75) is 19.3 Å². The maximum Gasteiger partial charge on any atom is 0.183 e. The molecule has 4 nitrogen and oxygen atoms in total. The number of nitriles is 1. The molecule has 0 amide bonds. The first-order chi connectivity index (χ1) is 9.33. The number of rotatable bonds is 2. The van der Waals surface area contributed by atoms with E-state index in [2.05, 4.69) is 27.3 Å². The lowest BCUT2D eigenvalue weighted by molar-refractivity contribution is 0.578. The second-order valence-electron chi connectivity index (χ2n) is 4.43. The van der Waals surface area contributed by atoms with Gasteiger partial charge in [-0.15, -0.1) is 0 Å². The van der Waals surface area contributed by atoms with E-state index in [1.807, 2.05) is 24.6 Å². The van der Waals surface area contributed by atoms with Crippen molar-refractivity contribution in [2.75, 3.05) is 24.2 Å². The summed E-state index contributed by atoms with van der Waals surface area (Å²) in [6.07, 6.45) is 7.66. The Morgan fingerprint density at radius 2 is 2.16 bits per heavy atom. The summed E-state index contributed by atoms with van der Waals surface area (Å²) in [6.45, 7) is 2.25. The molecule has 1 N–H and O–H groups in total. The highest BCUT2D eigenvalue weighted by molar-refractivity contribution is 8.13. The lowest BCUT2D eigenvalue weighted by atomic mass is 10.1. The zero-order valence-electron chi connectivity index (χ0n) is 11.1. The Hall–Kier alpha value is -1.67. The Kier molecular flexibility index (Phi) is 5.10. The number of anilines is 1. The van der Waals surface area contributed by atoms with Crippen LogP contribution in [0.5, 0.6) is 0 Å². The van der Waals surface area contributed by atoms with Gasteiger partial charge >= 0.3 is 0 Å². The van der Waals surface area contributed by atoms with Crippen LogP contribution in [0.2, 0.25) is 0 Å². The van der Waals surface area contributed by atoms with Crippen LogP contribution in [0, 0.1) is 11.5 Å². The zero-order valence-corrected chi connectivity index (χ0v) is 11.9. The van der Waals surface area contributed by atoms with E-state index in [0.717, 1.165) is 18.8 Å². The fraction of sp³-hybridized carbons (Fsp3) is 0.429. The van der Waals surface area contributed by atoms with Crippen LogP contribution in [0.25, 0.3) is 0 Å². The van der Waals surface area contributed by atoms with Gasteiger partial charge in [-0.3, -0.25) is 5.32 Å². The van der Waals surface area contributed by atoms with Gasteiger partial charge < -0.3 is 4.90 Å². The summed E-state index contributed by atoms with van der Waals surface area (Å²) in [5.74, 6) is 0. The molecule has 1 aliphatic rings. The van der Waals surface area contributed by atoms with Crippen LogP contribution in [0.1, 0.15) is 19.3 Å². The summed E-state index contributed by atoms with van der Waals surface area (Å²) in [7, 11) is 0. The SMILES string of the molecule is CSC(=Nc1cccc(N2CCCCC2)c1)NC#N.